The summed E-state index contributed by atoms with van der Waals surface area (Å²) in [5.74, 6) is 2.82. The van der Waals surface area contributed by atoms with Gasteiger partial charge in [0.1, 0.15) is 0 Å². The highest BCUT2D eigenvalue weighted by Crippen LogP contribution is 2.33. The minimum Gasteiger partial charge on any atom is -0.493 e. The van der Waals surface area contributed by atoms with Crippen LogP contribution in [0.25, 0.3) is 12.2 Å². The van der Waals surface area contributed by atoms with Crippen molar-refractivity contribution in [3.63, 3.8) is 0 Å². The Bertz CT molecular complexity index is 910. The number of carbonyl (C=O) groups is 1. The van der Waals surface area contributed by atoms with E-state index in [4.69, 9.17) is 18.9 Å². The summed E-state index contributed by atoms with van der Waals surface area (Å²) >= 11 is 0. The summed E-state index contributed by atoms with van der Waals surface area (Å²) in [5.41, 5.74) is 3.46. The standard InChI is InChI=1S/C26H30O5/c1-5-30-22-12-10-18(16-24(22)28-3)14-20-8-7-9-21(26(20)27)15-19-11-13-23(31-6-2)25(17-19)29-4/h10-17H,5-9H2,1-4H3/b20-14-,21-15+. The van der Waals surface area contributed by atoms with Gasteiger partial charge in [0.2, 0.25) is 0 Å². The van der Waals surface area contributed by atoms with Gasteiger partial charge in [-0.25, -0.2) is 0 Å². The van der Waals surface area contributed by atoms with E-state index < -0.39 is 0 Å². The van der Waals surface area contributed by atoms with Gasteiger partial charge in [-0.15, -0.1) is 0 Å². The van der Waals surface area contributed by atoms with Crippen molar-refractivity contribution in [2.75, 3.05) is 27.4 Å². The Balaban J connectivity index is 1.86. The lowest BCUT2D eigenvalue weighted by Crippen LogP contribution is -2.12. The van der Waals surface area contributed by atoms with Crippen molar-refractivity contribution in [2.45, 2.75) is 33.1 Å². The fraction of sp³-hybridized carbons (Fsp3) is 0.346. The number of hydrogen-bond donors (Lipinski definition) is 0. The van der Waals surface area contributed by atoms with Gasteiger partial charge in [0, 0.05) is 11.1 Å². The van der Waals surface area contributed by atoms with E-state index >= 15 is 0 Å². The highest BCUT2D eigenvalue weighted by atomic mass is 16.5. The maximum absolute atomic E-state index is 13.1. The molecular formula is C26H30O5. The van der Waals surface area contributed by atoms with E-state index in [1.54, 1.807) is 14.2 Å². The molecule has 0 heterocycles. The van der Waals surface area contributed by atoms with Gasteiger partial charge in [0.05, 0.1) is 27.4 Å². The first-order chi connectivity index (χ1) is 15.1. The first-order valence-corrected chi connectivity index (χ1v) is 10.7. The number of benzene rings is 2. The van der Waals surface area contributed by atoms with E-state index in [0.717, 1.165) is 41.5 Å². The summed E-state index contributed by atoms with van der Waals surface area (Å²) in [6, 6.07) is 11.5. The van der Waals surface area contributed by atoms with E-state index in [-0.39, 0.29) is 5.78 Å². The van der Waals surface area contributed by atoms with Gasteiger partial charge in [-0.1, -0.05) is 12.1 Å². The number of hydrogen-bond acceptors (Lipinski definition) is 5. The van der Waals surface area contributed by atoms with Crippen LogP contribution in [0.3, 0.4) is 0 Å². The highest BCUT2D eigenvalue weighted by molar-refractivity contribution is 6.14. The molecule has 0 radical (unpaired) electrons. The van der Waals surface area contributed by atoms with Crippen molar-refractivity contribution in [1.82, 2.24) is 0 Å². The zero-order chi connectivity index (χ0) is 22.2. The molecule has 0 unspecified atom stereocenters. The van der Waals surface area contributed by atoms with Gasteiger partial charge in [-0.3, -0.25) is 4.79 Å². The normalized spacial score (nSPS) is 16.5. The number of methoxy groups -OCH3 is 2. The molecule has 0 amide bonds. The van der Waals surface area contributed by atoms with Gasteiger partial charge >= 0.3 is 0 Å². The third kappa shape index (κ3) is 5.48. The molecule has 1 aliphatic rings. The molecule has 0 spiro atoms. The minimum atomic E-state index is 0.0898. The van der Waals surface area contributed by atoms with E-state index in [9.17, 15) is 4.79 Å². The predicted molar refractivity (Wildman–Crippen MR) is 123 cm³/mol. The maximum atomic E-state index is 13.1. The molecular weight excluding hydrogens is 392 g/mol. The Morgan fingerprint density at radius 2 is 1.19 bits per heavy atom. The quantitative estimate of drug-likeness (QED) is 0.509. The lowest BCUT2D eigenvalue weighted by atomic mass is 9.87. The average Bonchev–Trinajstić information content (AvgIpc) is 2.78. The van der Waals surface area contributed by atoms with E-state index in [1.807, 2.05) is 62.4 Å². The second kappa shape index (κ2) is 10.7. The van der Waals surface area contributed by atoms with Crippen molar-refractivity contribution < 1.29 is 23.7 Å². The molecule has 31 heavy (non-hydrogen) atoms. The minimum absolute atomic E-state index is 0.0898. The van der Waals surface area contributed by atoms with Gasteiger partial charge in [-0.2, -0.15) is 0 Å². The molecule has 0 aliphatic heterocycles. The summed E-state index contributed by atoms with van der Waals surface area (Å²) in [5, 5.41) is 0. The van der Waals surface area contributed by atoms with Crippen LogP contribution >= 0.6 is 0 Å². The number of Topliss-reactive ketones (excluding diaryl/α,β-unsaturated/α-hetero) is 1. The number of ketones is 1. The number of allylic oxidation sites excluding steroid dienone is 2. The topological polar surface area (TPSA) is 54.0 Å². The molecule has 164 valence electrons. The Labute approximate surface area is 184 Å². The van der Waals surface area contributed by atoms with Crippen molar-refractivity contribution in [3.8, 4) is 23.0 Å². The SMILES string of the molecule is CCOc1ccc(/C=C2/CCC/C(=C\c3ccc(OCC)c(OC)c3)C2=O)cc1OC. The molecule has 0 atom stereocenters. The first-order valence-electron chi connectivity index (χ1n) is 10.7. The molecule has 0 aromatic heterocycles. The summed E-state index contributed by atoms with van der Waals surface area (Å²) < 4.78 is 22.0. The lowest BCUT2D eigenvalue weighted by Gasteiger charge is -2.17. The molecule has 1 aliphatic carbocycles. The van der Waals surface area contributed by atoms with E-state index in [1.165, 1.54) is 0 Å². The van der Waals surface area contributed by atoms with Crippen LogP contribution in [0.5, 0.6) is 23.0 Å². The van der Waals surface area contributed by atoms with E-state index in [2.05, 4.69) is 0 Å². The molecule has 5 nitrogen and oxygen atoms in total. The van der Waals surface area contributed by atoms with Crippen molar-refractivity contribution in [2.24, 2.45) is 0 Å². The van der Waals surface area contributed by atoms with Crippen LogP contribution in [0.1, 0.15) is 44.2 Å². The van der Waals surface area contributed by atoms with Crippen LogP contribution in [0, 0.1) is 0 Å². The Kier molecular flexibility index (Phi) is 7.76. The summed E-state index contributed by atoms with van der Waals surface area (Å²) in [7, 11) is 3.24. The lowest BCUT2D eigenvalue weighted by molar-refractivity contribution is -0.112. The summed E-state index contributed by atoms with van der Waals surface area (Å²) in [6.07, 6.45) is 6.36. The molecule has 0 bridgehead atoms. The third-order valence-corrected chi connectivity index (χ3v) is 5.13. The van der Waals surface area contributed by atoms with Crippen LogP contribution in [0.15, 0.2) is 47.5 Å². The third-order valence-electron chi connectivity index (χ3n) is 5.13. The average molecular weight is 423 g/mol. The first kappa shape index (κ1) is 22.5. The predicted octanol–water partition coefficient (Wildman–Crippen LogP) is 5.72. The van der Waals surface area contributed by atoms with Crippen LogP contribution < -0.4 is 18.9 Å². The Morgan fingerprint density at radius 1 is 0.742 bits per heavy atom. The van der Waals surface area contributed by atoms with Crippen LogP contribution in [0.4, 0.5) is 0 Å². The van der Waals surface area contributed by atoms with Crippen molar-refractivity contribution >= 4 is 17.9 Å². The highest BCUT2D eigenvalue weighted by Gasteiger charge is 2.21. The van der Waals surface area contributed by atoms with Gasteiger partial charge in [0.25, 0.3) is 0 Å². The molecule has 0 saturated heterocycles. The molecule has 1 fully saturated rings. The van der Waals surface area contributed by atoms with Gasteiger partial charge in [-0.05, 0) is 80.7 Å². The largest absolute Gasteiger partial charge is 0.493 e. The maximum Gasteiger partial charge on any atom is 0.185 e. The Hall–Kier alpha value is -3.21. The van der Waals surface area contributed by atoms with Crippen molar-refractivity contribution in [1.29, 1.82) is 0 Å². The molecule has 3 rings (SSSR count). The van der Waals surface area contributed by atoms with Gasteiger partial charge in [0.15, 0.2) is 28.8 Å². The monoisotopic (exact) mass is 422 g/mol. The number of ether oxygens (including phenoxy) is 4. The molecule has 5 heteroatoms. The molecule has 2 aromatic rings. The fourth-order valence-corrected chi connectivity index (χ4v) is 3.68. The Morgan fingerprint density at radius 3 is 1.58 bits per heavy atom. The zero-order valence-corrected chi connectivity index (χ0v) is 18.7. The summed E-state index contributed by atoms with van der Waals surface area (Å²) in [6.45, 7) is 5.01. The van der Waals surface area contributed by atoms with Crippen molar-refractivity contribution in [3.05, 3.63) is 58.7 Å². The molecule has 1 saturated carbocycles. The van der Waals surface area contributed by atoms with Crippen LogP contribution in [-0.4, -0.2) is 33.2 Å². The molecule has 2 aromatic carbocycles. The molecule has 0 N–H and O–H groups in total. The fourth-order valence-electron chi connectivity index (χ4n) is 3.68. The van der Waals surface area contributed by atoms with Crippen LogP contribution in [0.2, 0.25) is 0 Å². The second-order valence-corrected chi connectivity index (χ2v) is 7.21. The number of rotatable bonds is 8. The van der Waals surface area contributed by atoms with Gasteiger partial charge < -0.3 is 18.9 Å². The van der Waals surface area contributed by atoms with E-state index in [0.29, 0.717) is 36.2 Å². The zero-order valence-electron chi connectivity index (χ0n) is 18.7. The second-order valence-electron chi connectivity index (χ2n) is 7.21. The summed E-state index contributed by atoms with van der Waals surface area (Å²) in [4.78, 5) is 13.1. The number of carbonyl (C=O) groups excluding carboxylic acids is 1. The van der Waals surface area contributed by atoms with Crippen LogP contribution in [-0.2, 0) is 4.79 Å². The smallest absolute Gasteiger partial charge is 0.185 e.